The molecule has 2 N–H and O–H groups in total. The van der Waals surface area contributed by atoms with Gasteiger partial charge in [0, 0.05) is 11.9 Å². The number of carbonyl (C=O) groups excluding carboxylic acids is 1. The van der Waals surface area contributed by atoms with Gasteiger partial charge in [-0.15, -0.1) is 10.2 Å². The maximum atomic E-state index is 12.7. The van der Waals surface area contributed by atoms with Crippen LogP contribution in [0.25, 0.3) is 5.65 Å². The minimum Gasteiger partial charge on any atom is -0.308 e. The minimum absolute atomic E-state index is 0.353. The van der Waals surface area contributed by atoms with Crippen LogP contribution in [0, 0.1) is 5.82 Å². The number of rotatable bonds is 2. The molecule has 3 rings (SSSR count). The fourth-order valence-electron chi connectivity index (χ4n) is 1.73. The molecule has 6 nitrogen and oxygen atoms in total. The Bertz CT molecular complexity index is 753. The Labute approximate surface area is 113 Å². The lowest BCUT2D eigenvalue weighted by Crippen LogP contribution is -2.19. The van der Waals surface area contributed by atoms with Crippen molar-refractivity contribution in [1.82, 2.24) is 14.6 Å². The number of nitrogens with zero attached hydrogens (tertiary/aromatic N) is 3. The van der Waals surface area contributed by atoms with Crippen molar-refractivity contribution in [3.63, 3.8) is 0 Å². The molecule has 1 aromatic carbocycles. The molecule has 2 heterocycles. The molecule has 0 radical (unpaired) electrons. The van der Waals surface area contributed by atoms with Gasteiger partial charge in [-0.3, -0.25) is 4.40 Å². The molecule has 20 heavy (non-hydrogen) atoms. The fraction of sp³-hybridized carbons (Fsp3) is 0. The monoisotopic (exact) mass is 271 g/mol. The highest BCUT2D eigenvalue weighted by Gasteiger charge is 2.04. The second-order valence-corrected chi connectivity index (χ2v) is 4.10. The number of carbonyl (C=O) groups is 1. The number of hydrogen-bond donors (Lipinski definition) is 2. The first-order valence-corrected chi connectivity index (χ1v) is 5.84. The van der Waals surface area contributed by atoms with Crippen molar-refractivity contribution in [1.29, 1.82) is 0 Å². The summed E-state index contributed by atoms with van der Waals surface area (Å²) >= 11 is 0. The minimum atomic E-state index is -0.413. The molecular formula is C13H10FN5O. The fourth-order valence-corrected chi connectivity index (χ4v) is 1.73. The first-order valence-electron chi connectivity index (χ1n) is 5.84. The Balaban J connectivity index is 1.70. The van der Waals surface area contributed by atoms with Crippen molar-refractivity contribution in [3.8, 4) is 0 Å². The Kier molecular flexibility index (Phi) is 3.00. The summed E-state index contributed by atoms with van der Waals surface area (Å²) in [6.45, 7) is 0. The van der Waals surface area contributed by atoms with Gasteiger partial charge in [-0.25, -0.2) is 9.18 Å². The molecule has 2 amide bonds. The molecule has 0 unspecified atom stereocenters. The van der Waals surface area contributed by atoms with Gasteiger partial charge in [0.25, 0.3) is 0 Å². The van der Waals surface area contributed by atoms with E-state index in [-0.39, 0.29) is 5.82 Å². The summed E-state index contributed by atoms with van der Waals surface area (Å²) < 4.78 is 14.4. The molecular weight excluding hydrogens is 261 g/mol. The van der Waals surface area contributed by atoms with Gasteiger partial charge in [-0.1, -0.05) is 0 Å². The molecule has 0 saturated carbocycles. The van der Waals surface area contributed by atoms with Gasteiger partial charge in [0.05, 0.1) is 5.69 Å². The van der Waals surface area contributed by atoms with Crippen LogP contribution in [0.5, 0.6) is 0 Å². The van der Waals surface area contributed by atoms with Gasteiger partial charge >= 0.3 is 6.03 Å². The number of amides is 2. The predicted octanol–water partition coefficient (Wildman–Crippen LogP) is 2.51. The maximum Gasteiger partial charge on any atom is 0.323 e. The van der Waals surface area contributed by atoms with E-state index in [2.05, 4.69) is 20.8 Å². The highest BCUT2D eigenvalue weighted by atomic mass is 19.1. The molecule has 2 aromatic heterocycles. The molecule has 100 valence electrons. The lowest BCUT2D eigenvalue weighted by molar-refractivity contribution is 0.262. The average Bonchev–Trinajstić information content (AvgIpc) is 2.89. The van der Waals surface area contributed by atoms with E-state index in [4.69, 9.17) is 0 Å². The van der Waals surface area contributed by atoms with E-state index in [1.807, 2.05) is 0 Å². The van der Waals surface area contributed by atoms with Gasteiger partial charge in [-0.05, 0) is 36.4 Å². The van der Waals surface area contributed by atoms with Gasteiger partial charge < -0.3 is 10.6 Å². The van der Waals surface area contributed by atoms with E-state index < -0.39 is 6.03 Å². The van der Waals surface area contributed by atoms with Crippen LogP contribution in [0.2, 0.25) is 0 Å². The van der Waals surface area contributed by atoms with E-state index in [1.54, 1.807) is 29.1 Å². The summed E-state index contributed by atoms with van der Waals surface area (Å²) in [6, 6.07) is 8.56. The van der Waals surface area contributed by atoms with Crippen LogP contribution in [0.3, 0.4) is 0 Å². The smallest absolute Gasteiger partial charge is 0.308 e. The summed E-state index contributed by atoms with van der Waals surface area (Å²) in [5.41, 5.74) is 1.79. The normalized spacial score (nSPS) is 10.4. The highest BCUT2D eigenvalue weighted by Crippen LogP contribution is 2.11. The number of aromatic nitrogens is 3. The second kappa shape index (κ2) is 4.96. The SMILES string of the molecule is O=C(Nc1ccc(F)cc1)Nc1ccc2nncn2c1. The molecule has 0 atom stereocenters. The van der Waals surface area contributed by atoms with Crippen LogP contribution in [-0.4, -0.2) is 20.6 Å². The zero-order valence-corrected chi connectivity index (χ0v) is 10.2. The molecule has 0 saturated heterocycles. The molecule has 0 bridgehead atoms. The summed E-state index contributed by atoms with van der Waals surface area (Å²) in [5.74, 6) is -0.353. The van der Waals surface area contributed by atoms with E-state index in [9.17, 15) is 9.18 Å². The number of hydrogen-bond acceptors (Lipinski definition) is 3. The zero-order chi connectivity index (χ0) is 13.9. The zero-order valence-electron chi connectivity index (χ0n) is 10.2. The number of benzene rings is 1. The van der Waals surface area contributed by atoms with Crippen LogP contribution in [0.4, 0.5) is 20.6 Å². The van der Waals surface area contributed by atoms with Crippen LogP contribution < -0.4 is 10.6 Å². The second-order valence-electron chi connectivity index (χ2n) is 4.10. The van der Waals surface area contributed by atoms with Gasteiger partial charge in [0.15, 0.2) is 5.65 Å². The Morgan fingerprint density at radius 3 is 2.55 bits per heavy atom. The third-order valence-corrected chi connectivity index (χ3v) is 2.65. The topological polar surface area (TPSA) is 71.3 Å². The van der Waals surface area contributed by atoms with Gasteiger partial charge in [0.1, 0.15) is 12.1 Å². The quantitative estimate of drug-likeness (QED) is 0.752. The van der Waals surface area contributed by atoms with Crippen molar-refractivity contribution >= 4 is 23.1 Å². The van der Waals surface area contributed by atoms with Crippen molar-refractivity contribution < 1.29 is 9.18 Å². The molecule has 3 aromatic rings. The van der Waals surface area contributed by atoms with Crippen LogP contribution >= 0.6 is 0 Å². The number of pyridine rings is 1. The van der Waals surface area contributed by atoms with E-state index in [1.165, 1.54) is 24.3 Å². The van der Waals surface area contributed by atoms with Crippen molar-refractivity contribution in [2.45, 2.75) is 0 Å². The predicted molar refractivity (Wildman–Crippen MR) is 72.0 cm³/mol. The summed E-state index contributed by atoms with van der Waals surface area (Å²) in [4.78, 5) is 11.8. The largest absolute Gasteiger partial charge is 0.323 e. The lowest BCUT2D eigenvalue weighted by atomic mass is 10.3. The van der Waals surface area contributed by atoms with Crippen molar-refractivity contribution in [2.75, 3.05) is 10.6 Å². The van der Waals surface area contributed by atoms with Crippen LogP contribution in [0.15, 0.2) is 48.9 Å². The third kappa shape index (κ3) is 2.56. The van der Waals surface area contributed by atoms with Crippen molar-refractivity contribution in [3.05, 3.63) is 54.7 Å². The van der Waals surface area contributed by atoms with Gasteiger partial charge in [-0.2, -0.15) is 0 Å². The molecule has 7 heteroatoms. The first-order chi connectivity index (χ1) is 9.70. The van der Waals surface area contributed by atoms with Crippen LogP contribution in [-0.2, 0) is 0 Å². The Morgan fingerprint density at radius 1 is 1.05 bits per heavy atom. The van der Waals surface area contributed by atoms with Crippen molar-refractivity contribution in [2.24, 2.45) is 0 Å². The number of halogens is 1. The van der Waals surface area contributed by atoms with Crippen LogP contribution in [0.1, 0.15) is 0 Å². The van der Waals surface area contributed by atoms with E-state index >= 15 is 0 Å². The lowest BCUT2D eigenvalue weighted by Gasteiger charge is -2.07. The number of nitrogens with one attached hydrogen (secondary N) is 2. The molecule has 0 aliphatic carbocycles. The number of anilines is 2. The summed E-state index contributed by atoms with van der Waals surface area (Å²) in [5, 5.41) is 12.9. The van der Waals surface area contributed by atoms with Gasteiger partial charge in [0.2, 0.25) is 0 Å². The molecule has 0 aliphatic heterocycles. The maximum absolute atomic E-state index is 12.7. The molecule has 0 spiro atoms. The first kappa shape index (κ1) is 12.1. The summed E-state index contributed by atoms with van der Waals surface area (Å²) in [6.07, 6.45) is 3.23. The average molecular weight is 271 g/mol. The summed E-state index contributed by atoms with van der Waals surface area (Å²) in [7, 11) is 0. The highest BCUT2D eigenvalue weighted by molar-refractivity contribution is 5.99. The van der Waals surface area contributed by atoms with E-state index in [0.29, 0.717) is 17.0 Å². The number of urea groups is 1. The Hall–Kier alpha value is -2.96. The third-order valence-electron chi connectivity index (χ3n) is 2.65. The number of fused-ring (bicyclic) bond motifs is 1. The molecule has 0 aliphatic rings. The van der Waals surface area contributed by atoms with E-state index in [0.717, 1.165) is 0 Å². The Morgan fingerprint density at radius 2 is 1.75 bits per heavy atom. The molecule has 0 fully saturated rings. The standard InChI is InChI=1S/C13H10FN5O/c14-9-1-3-10(4-2-9)16-13(20)17-11-5-6-12-18-15-8-19(12)7-11/h1-8H,(H2,16,17,20).